The van der Waals surface area contributed by atoms with E-state index in [0.717, 1.165) is 232 Å². The van der Waals surface area contributed by atoms with Crippen molar-refractivity contribution in [2.45, 2.75) is 108 Å². The number of nitrogens with zero attached hydrogens (tertiary/aromatic N) is 21. The minimum absolute atomic E-state index is 0.000564. The molecule has 0 bridgehead atoms. The Morgan fingerprint density at radius 1 is 0.372 bits per heavy atom. The molecule has 0 spiro atoms. The Bertz CT molecular complexity index is 8600. The molecule has 2 atom stereocenters. The van der Waals surface area contributed by atoms with E-state index in [0.29, 0.717) is 117 Å². The number of anilines is 5. The van der Waals surface area contributed by atoms with Gasteiger partial charge in [-0.1, -0.05) is 60.7 Å². The number of piperazine rings is 1. The average Bonchev–Trinajstić information content (AvgIpc) is 1.57. The number of carbonyl (C=O) groups excluding carboxylic acids is 5. The van der Waals surface area contributed by atoms with E-state index in [9.17, 15) is 28.4 Å². The van der Waals surface area contributed by atoms with Crippen molar-refractivity contribution in [2.75, 3.05) is 160 Å². The second-order valence-electron chi connectivity index (χ2n) is 40.2. The Kier molecular flexibility index (Phi) is 26.1. The molecule has 3 saturated carbocycles. The number of aromatic nitrogens is 15. The molecular formula is C112H119FN30O5. The van der Waals surface area contributed by atoms with Crippen molar-refractivity contribution < 1.29 is 28.4 Å². The summed E-state index contributed by atoms with van der Waals surface area (Å²) in [5.74, 6) is -0.812. The van der Waals surface area contributed by atoms with Gasteiger partial charge in [0, 0.05) is 168 Å². The molecule has 35 nitrogen and oxygen atoms in total. The number of hydrogen-bond acceptors (Lipinski definition) is 25. The lowest BCUT2D eigenvalue weighted by molar-refractivity contribution is 0.0675. The Hall–Kier alpha value is -16.0. The summed E-state index contributed by atoms with van der Waals surface area (Å²) in [7, 11) is 11.7. The van der Waals surface area contributed by atoms with Crippen LogP contribution < -0.4 is 47.9 Å². The quantitative estimate of drug-likeness (QED) is 0.0342. The van der Waals surface area contributed by atoms with Gasteiger partial charge in [-0.3, -0.25) is 46.0 Å². The maximum atomic E-state index is 14.0. The van der Waals surface area contributed by atoms with Gasteiger partial charge in [-0.25, -0.2) is 54.2 Å². The molecule has 3 aliphatic carbocycles. The number of hydrogen-bond donors (Lipinski definition) is 9. The lowest BCUT2D eigenvalue weighted by Gasteiger charge is -2.36. The zero-order valence-electron chi connectivity index (χ0n) is 84.2. The molecule has 0 radical (unpaired) electrons. The summed E-state index contributed by atoms with van der Waals surface area (Å²) >= 11 is 0. The molecule has 20 aromatic rings. The molecule has 4 aliphatic heterocycles. The number of likely N-dealkylation sites (tertiary alicyclic amines) is 2. The molecule has 5 amide bonds. The fourth-order valence-corrected chi connectivity index (χ4v) is 21.5. The number of rotatable bonds is 20. The molecule has 27 rings (SSSR count). The second-order valence-corrected chi connectivity index (χ2v) is 40.2. The van der Waals surface area contributed by atoms with Crippen LogP contribution in [0.3, 0.4) is 0 Å². The lowest BCUT2D eigenvalue weighted by Crippen LogP contribution is -2.57. The van der Waals surface area contributed by atoms with Crippen LogP contribution in [0.15, 0.2) is 207 Å². The second kappa shape index (κ2) is 40.4. The van der Waals surface area contributed by atoms with E-state index in [-0.39, 0.29) is 47.7 Å². The molecule has 5 aromatic carbocycles. The maximum absolute atomic E-state index is 14.0. The van der Waals surface area contributed by atoms with Crippen LogP contribution >= 0.6 is 0 Å². The predicted molar refractivity (Wildman–Crippen MR) is 583 cm³/mol. The van der Waals surface area contributed by atoms with Gasteiger partial charge in [0.1, 0.15) is 61.9 Å². The van der Waals surface area contributed by atoms with E-state index in [2.05, 4.69) is 114 Å². The van der Waals surface area contributed by atoms with Gasteiger partial charge in [-0.15, -0.1) is 0 Å². The van der Waals surface area contributed by atoms with Gasteiger partial charge >= 0.3 is 0 Å². The standard InChI is InChI=1S/2C24H26N6O.2C22H24N6O.C20H19FN6O/c1-28-12-5-13-29(15-14-28)24(31)20-21(26-16-9-10-16)17-6-4-11-25-22(17)30-19-8-3-2-7-18(19)27-23(20)30;31-24(26-12-15-29-13-3-4-14-29)20-21(27-16-9-10-16)17-6-5-11-25-22(17)30-19-8-2-1-7-18(19)28-23(20)30;1-13-11-27(12-14(2)25-13)22(29)18-19(23-3)15-7-6-10-24-20(15)28-17-9-5-4-8-16(17)26-21(18)28;1-27(2)13-12-24-22(29)18-19(25-14-9-10-14)15-6-5-11-23-20(15)28-17-8-4-3-7-16(17)26-21(18)28;1-22-17-13-7-11(21)8-23-18(13)27-15-6-4-3-5-14(15)25-19(27)16(17)20(28)24-12-9-26(2)10-12/h2-4,6-8,11,16,26H,5,9-10,12-15H2,1H3;1-2,5-8,11,16,27H,3-4,9-10,12-15H2,(H,26,31);4-10,13-14,23,25H,11-12H2,1-3H3;3-8,11,14,25H,9-10,12-13H2,1-2H3,(H,24,29);3-8,12,22H,9-10H2,1-2H3,(H,24,28)/t;;13-,14+;;. The van der Waals surface area contributed by atoms with E-state index >= 15 is 0 Å². The third-order valence-corrected chi connectivity index (χ3v) is 29.0. The summed E-state index contributed by atoms with van der Waals surface area (Å²) in [6.45, 7) is 15.7. The van der Waals surface area contributed by atoms with Crippen molar-refractivity contribution in [1.82, 2.24) is 123 Å². The molecule has 148 heavy (non-hydrogen) atoms. The molecule has 15 aromatic heterocycles. The number of amides is 5. The number of para-hydroxylation sites is 10. The molecule has 36 heteroatoms. The van der Waals surface area contributed by atoms with Gasteiger partial charge in [0.15, 0.2) is 28.2 Å². The SMILES string of the molecule is CN(C)CCNC(=O)c1c(NC2CC2)c2cccnc2n2c1nc1ccccc12.CN1CCCN(C(=O)c2c(NC3CC3)c3cccnc3n3c2nc2ccccc23)CC1.CNc1c(C(=O)N2C[C@@H](C)N[C@@H](C)C2)c2nc3ccccc3n2c2ncccc12.CNc1c(C(=O)NC2CN(C)C2)c2nc3ccccc3n2c2ncc(F)cc12.O=C(NCCN1CCCC1)c1c(NC2CC2)c2cccnc2n2c1nc1ccccc12. The smallest absolute Gasteiger partial charge is 0.259 e. The van der Waals surface area contributed by atoms with Crippen molar-refractivity contribution >= 4 is 197 Å². The number of nitrogens with one attached hydrogen (secondary N) is 9. The highest BCUT2D eigenvalue weighted by Crippen LogP contribution is 2.43. The van der Waals surface area contributed by atoms with Gasteiger partial charge in [0.05, 0.1) is 95.8 Å². The van der Waals surface area contributed by atoms with Crippen molar-refractivity contribution in [3.63, 3.8) is 0 Å². The summed E-state index contributed by atoms with van der Waals surface area (Å²) in [5.41, 5.74) is 22.6. The number of imidazole rings is 5. The van der Waals surface area contributed by atoms with E-state index < -0.39 is 5.82 Å². The van der Waals surface area contributed by atoms with Crippen LogP contribution in [0.25, 0.3) is 139 Å². The summed E-state index contributed by atoms with van der Waals surface area (Å²) in [6, 6.07) is 58.6. The van der Waals surface area contributed by atoms with Gasteiger partial charge in [-0.05, 0) is 235 Å². The molecule has 7 fully saturated rings. The van der Waals surface area contributed by atoms with Crippen LogP contribution in [0.1, 0.15) is 123 Å². The zero-order chi connectivity index (χ0) is 101. The molecule has 19 heterocycles. The number of pyridine rings is 10. The van der Waals surface area contributed by atoms with Crippen LogP contribution in [-0.4, -0.2) is 301 Å². The van der Waals surface area contributed by atoms with E-state index in [4.69, 9.17) is 29.9 Å². The zero-order valence-corrected chi connectivity index (χ0v) is 84.2. The van der Waals surface area contributed by atoms with Crippen LogP contribution in [0.5, 0.6) is 0 Å². The number of likely N-dealkylation sites (N-methyl/N-ethyl adjacent to an activating group) is 3. The first-order valence-electron chi connectivity index (χ1n) is 51.5. The summed E-state index contributed by atoms with van der Waals surface area (Å²) in [6.07, 6.45) is 18.6. The van der Waals surface area contributed by atoms with Crippen molar-refractivity contribution in [2.24, 2.45) is 0 Å². The van der Waals surface area contributed by atoms with Gasteiger partial charge in [0.2, 0.25) is 0 Å². The van der Waals surface area contributed by atoms with E-state index in [1.807, 2.05) is 230 Å². The normalized spacial score (nSPS) is 16.9. The van der Waals surface area contributed by atoms with Crippen molar-refractivity contribution in [3.8, 4) is 0 Å². The van der Waals surface area contributed by atoms with Crippen LogP contribution in [-0.2, 0) is 0 Å². The average molecular weight is 1980 g/mol. The Balaban J connectivity index is 0.000000102. The van der Waals surface area contributed by atoms with Crippen molar-refractivity contribution in [1.29, 1.82) is 0 Å². The monoisotopic (exact) mass is 1980 g/mol. The highest BCUT2D eigenvalue weighted by Gasteiger charge is 2.38. The fourth-order valence-electron chi connectivity index (χ4n) is 21.5. The Morgan fingerprint density at radius 2 is 0.736 bits per heavy atom. The molecule has 754 valence electrons. The number of halogens is 1. The highest BCUT2D eigenvalue weighted by atomic mass is 19.1. The molecular weight excluding hydrogens is 1860 g/mol. The van der Waals surface area contributed by atoms with E-state index in [1.54, 1.807) is 25.6 Å². The third-order valence-electron chi connectivity index (χ3n) is 29.0. The highest BCUT2D eigenvalue weighted by molar-refractivity contribution is 6.19. The molecule has 7 aliphatic rings. The summed E-state index contributed by atoms with van der Waals surface area (Å²) < 4.78 is 23.9. The summed E-state index contributed by atoms with van der Waals surface area (Å²) in [4.78, 5) is 128. The van der Waals surface area contributed by atoms with Gasteiger partial charge < -0.3 is 77.3 Å². The largest absolute Gasteiger partial charge is 0.387 e. The minimum atomic E-state index is -0.459. The fraction of sp³-hybridized carbons (Fsp3) is 0.330. The third kappa shape index (κ3) is 18.4. The van der Waals surface area contributed by atoms with E-state index in [1.165, 1.54) is 25.1 Å². The Labute approximate surface area is 851 Å². The maximum Gasteiger partial charge on any atom is 0.259 e. The van der Waals surface area contributed by atoms with Crippen LogP contribution in [0, 0.1) is 5.82 Å². The molecule has 0 unspecified atom stereocenters. The van der Waals surface area contributed by atoms with Crippen LogP contribution in [0.4, 0.5) is 32.8 Å². The topological polar surface area (TPSA) is 364 Å². The summed E-state index contributed by atoms with van der Waals surface area (Å²) in [5, 5.41) is 34.3. The predicted octanol–water partition coefficient (Wildman–Crippen LogP) is 14.9. The number of fused-ring (bicyclic) bond motifs is 25. The first-order valence-corrected chi connectivity index (χ1v) is 51.5. The first kappa shape index (κ1) is 95.5. The number of carbonyl (C=O) groups is 5. The molecule has 9 N–H and O–H groups in total. The Morgan fingerprint density at radius 3 is 1.14 bits per heavy atom. The van der Waals surface area contributed by atoms with Gasteiger partial charge in [-0.2, -0.15) is 0 Å². The molecule has 4 saturated heterocycles. The minimum Gasteiger partial charge on any atom is -0.387 e. The first-order chi connectivity index (χ1) is 72.3. The lowest BCUT2D eigenvalue weighted by atomic mass is 10.1. The van der Waals surface area contributed by atoms with Gasteiger partial charge in [0.25, 0.3) is 29.5 Å². The van der Waals surface area contributed by atoms with Crippen LogP contribution in [0.2, 0.25) is 0 Å². The number of benzene rings is 5. The van der Waals surface area contributed by atoms with Crippen molar-refractivity contribution in [3.05, 3.63) is 241 Å².